The average molecular weight is 785 g/mol. The van der Waals surface area contributed by atoms with Gasteiger partial charge in [-0.05, 0) is 100 Å². The molecule has 292 valence electrons. The number of nitrogens with zero attached hydrogens (tertiary/aromatic N) is 4. The summed E-state index contributed by atoms with van der Waals surface area (Å²) >= 11 is 1.49. The van der Waals surface area contributed by atoms with E-state index in [1.165, 1.54) is 18.7 Å². The molecule has 0 N–H and O–H groups in total. The predicted molar refractivity (Wildman–Crippen MR) is 225 cm³/mol. The van der Waals surface area contributed by atoms with Crippen LogP contribution < -0.4 is 11.0 Å². The zero-order valence-corrected chi connectivity index (χ0v) is 35.3. The van der Waals surface area contributed by atoms with Gasteiger partial charge in [-0.15, -0.1) is 0 Å². The van der Waals surface area contributed by atoms with Gasteiger partial charge in [-0.2, -0.15) is 0 Å². The molecule has 2 unspecified atom stereocenters. The highest BCUT2D eigenvalue weighted by Gasteiger charge is 2.51. The van der Waals surface area contributed by atoms with E-state index in [0.29, 0.717) is 36.0 Å². The molecule has 6 rings (SSSR count). The Bertz CT molecular complexity index is 2000. The summed E-state index contributed by atoms with van der Waals surface area (Å²) in [7, 11) is 1.80. The number of carbonyl (C=O) groups excluding carboxylic acids is 1. The van der Waals surface area contributed by atoms with E-state index in [4.69, 9.17) is 14.3 Å². The van der Waals surface area contributed by atoms with E-state index in [0.717, 1.165) is 71.4 Å². The van der Waals surface area contributed by atoms with Gasteiger partial charge < -0.3 is 19.1 Å². The minimum absolute atomic E-state index is 0.0752. The molecule has 2 heterocycles. The SMILES string of the molecule is CCN(CC)CCN(Cc1ccc(-c2ccc(C(C)(F)P)cc2)cc1)C(=O)Cn1c(SCc2ccc(B3OC(C)(C)C(C)(C)O3)cc2)nc2c(c1=O)CCC2. The third kappa shape index (κ3) is 9.62. The number of hydrogen-bond acceptors (Lipinski definition) is 7. The van der Waals surface area contributed by atoms with Gasteiger partial charge in [0.2, 0.25) is 5.91 Å². The van der Waals surface area contributed by atoms with Crippen molar-refractivity contribution in [2.24, 2.45) is 0 Å². The Morgan fingerprint density at radius 2 is 1.49 bits per heavy atom. The Labute approximate surface area is 332 Å². The van der Waals surface area contributed by atoms with E-state index in [9.17, 15) is 14.0 Å². The zero-order chi connectivity index (χ0) is 39.5. The summed E-state index contributed by atoms with van der Waals surface area (Å²) < 4.78 is 28.5. The van der Waals surface area contributed by atoms with Gasteiger partial charge in [0, 0.05) is 31.0 Å². The molecule has 3 aromatic carbocycles. The molecule has 0 saturated carbocycles. The van der Waals surface area contributed by atoms with Gasteiger partial charge in [0.15, 0.2) is 5.16 Å². The fourth-order valence-corrected chi connectivity index (χ4v) is 8.15. The van der Waals surface area contributed by atoms with Crippen LogP contribution in [0.2, 0.25) is 0 Å². The first-order valence-electron chi connectivity index (χ1n) is 19.5. The van der Waals surface area contributed by atoms with Gasteiger partial charge in [0.05, 0.1) is 16.9 Å². The highest BCUT2D eigenvalue weighted by molar-refractivity contribution is 7.98. The highest BCUT2D eigenvalue weighted by Crippen LogP contribution is 2.37. The van der Waals surface area contributed by atoms with Crippen LogP contribution in [0.4, 0.5) is 4.39 Å². The minimum atomic E-state index is -1.48. The monoisotopic (exact) mass is 784 g/mol. The quantitative estimate of drug-likeness (QED) is 0.0540. The number of amides is 1. The Balaban J connectivity index is 1.19. The molecule has 1 aromatic heterocycles. The summed E-state index contributed by atoms with van der Waals surface area (Å²) in [5.41, 5.74) is 6.29. The lowest BCUT2D eigenvalue weighted by molar-refractivity contribution is -0.133. The largest absolute Gasteiger partial charge is 0.494 e. The molecular formula is C43H55BFN4O4PS. The van der Waals surface area contributed by atoms with Crippen LogP contribution in [-0.4, -0.2) is 69.8 Å². The minimum Gasteiger partial charge on any atom is -0.399 e. The Morgan fingerprint density at radius 3 is 2.07 bits per heavy atom. The Kier molecular flexibility index (Phi) is 12.8. The van der Waals surface area contributed by atoms with Crippen LogP contribution in [0.15, 0.2) is 82.7 Å². The molecule has 12 heteroatoms. The summed E-state index contributed by atoms with van der Waals surface area (Å²) in [6, 6.07) is 23.8. The van der Waals surface area contributed by atoms with Crippen molar-refractivity contribution in [3.05, 3.63) is 111 Å². The van der Waals surface area contributed by atoms with Gasteiger partial charge in [-0.3, -0.25) is 14.2 Å². The number of alkyl halides is 1. The van der Waals surface area contributed by atoms with Crippen LogP contribution in [0, 0.1) is 0 Å². The van der Waals surface area contributed by atoms with E-state index in [2.05, 4.69) is 40.1 Å². The molecule has 2 aliphatic rings. The van der Waals surface area contributed by atoms with Crippen LogP contribution in [-0.2, 0) is 51.2 Å². The lowest BCUT2D eigenvalue weighted by atomic mass is 9.79. The van der Waals surface area contributed by atoms with Crippen molar-refractivity contribution in [3.63, 3.8) is 0 Å². The molecule has 0 spiro atoms. The first-order valence-corrected chi connectivity index (χ1v) is 21.0. The Hall–Kier alpha value is -3.34. The molecule has 0 radical (unpaired) electrons. The summed E-state index contributed by atoms with van der Waals surface area (Å²) in [5.74, 6) is 0.475. The van der Waals surface area contributed by atoms with Crippen molar-refractivity contribution in [2.75, 3.05) is 26.2 Å². The number of rotatable bonds is 15. The van der Waals surface area contributed by atoms with E-state index < -0.39 is 23.7 Å². The highest BCUT2D eigenvalue weighted by atomic mass is 32.2. The lowest BCUT2D eigenvalue weighted by Crippen LogP contribution is -2.41. The zero-order valence-electron chi connectivity index (χ0n) is 33.4. The first kappa shape index (κ1) is 41.3. The van der Waals surface area contributed by atoms with E-state index in [1.54, 1.807) is 4.57 Å². The summed E-state index contributed by atoms with van der Waals surface area (Å²) in [6.45, 7) is 17.3. The molecule has 1 aliphatic heterocycles. The number of likely N-dealkylation sites (N-methyl/N-ethyl adjacent to an activating group) is 1. The van der Waals surface area contributed by atoms with E-state index >= 15 is 0 Å². The van der Waals surface area contributed by atoms with Gasteiger partial charge in [0.1, 0.15) is 12.0 Å². The third-order valence-corrected chi connectivity index (χ3v) is 12.7. The Morgan fingerprint density at radius 1 is 0.909 bits per heavy atom. The maximum absolute atomic E-state index is 14.4. The second-order valence-corrected chi connectivity index (χ2v) is 17.9. The molecule has 1 saturated heterocycles. The van der Waals surface area contributed by atoms with Crippen LogP contribution in [0.5, 0.6) is 0 Å². The topological polar surface area (TPSA) is 76.9 Å². The predicted octanol–water partition coefficient (Wildman–Crippen LogP) is 7.38. The van der Waals surface area contributed by atoms with Crippen molar-refractivity contribution in [1.82, 2.24) is 19.4 Å². The number of fused-ring (bicyclic) bond motifs is 1. The third-order valence-electron chi connectivity index (χ3n) is 11.4. The van der Waals surface area contributed by atoms with Crippen molar-refractivity contribution < 1.29 is 18.5 Å². The number of hydrogen-bond donors (Lipinski definition) is 0. The van der Waals surface area contributed by atoms with Crippen molar-refractivity contribution in [3.8, 4) is 11.1 Å². The molecular weight excluding hydrogens is 729 g/mol. The van der Waals surface area contributed by atoms with Crippen LogP contribution in [0.1, 0.15) is 82.8 Å². The van der Waals surface area contributed by atoms with Crippen LogP contribution >= 0.6 is 21.0 Å². The standard InChI is InChI=1S/C43H55BFN4O4PS/c1-8-47(9-2)25-26-48(27-30-13-17-32(18-14-30)33-19-21-34(22-20-33)43(7,45)54)38(50)28-49-39(51)36-11-10-12-37(36)46-40(49)55-29-31-15-23-35(24-16-31)44-52-41(3,4)42(5,6)53-44/h13-24H,8-12,25-29,54H2,1-7H3. The first-order chi connectivity index (χ1) is 26.1. The maximum atomic E-state index is 14.4. The van der Waals surface area contributed by atoms with Gasteiger partial charge >= 0.3 is 7.12 Å². The fraction of sp³-hybridized carbons (Fsp3) is 0.465. The summed E-state index contributed by atoms with van der Waals surface area (Å²) in [4.78, 5) is 37.4. The molecule has 4 aromatic rings. The molecule has 8 nitrogen and oxygen atoms in total. The molecule has 2 atom stereocenters. The maximum Gasteiger partial charge on any atom is 0.494 e. The number of aryl methyl sites for hydroxylation is 1. The molecule has 0 bridgehead atoms. The van der Waals surface area contributed by atoms with Crippen molar-refractivity contribution in [1.29, 1.82) is 0 Å². The van der Waals surface area contributed by atoms with Crippen LogP contribution in [0.3, 0.4) is 0 Å². The number of carbonyl (C=O) groups is 1. The van der Waals surface area contributed by atoms with Crippen molar-refractivity contribution >= 4 is 39.5 Å². The summed E-state index contributed by atoms with van der Waals surface area (Å²) in [6.07, 6.45) is 2.35. The van der Waals surface area contributed by atoms with Crippen LogP contribution in [0.25, 0.3) is 11.1 Å². The number of thioether (sulfide) groups is 1. The molecule has 55 heavy (non-hydrogen) atoms. The van der Waals surface area contributed by atoms with Gasteiger partial charge in [-0.25, -0.2) is 9.37 Å². The van der Waals surface area contributed by atoms with E-state index in [-0.39, 0.29) is 18.0 Å². The smallest absolute Gasteiger partial charge is 0.399 e. The molecule has 1 amide bonds. The second-order valence-electron chi connectivity index (χ2n) is 15.9. The fourth-order valence-electron chi connectivity index (χ4n) is 7.00. The number of aromatic nitrogens is 2. The molecule has 1 fully saturated rings. The number of benzene rings is 3. The average Bonchev–Trinajstić information content (AvgIpc) is 3.72. The van der Waals surface area contributed by atoms with Gasteiger partial charge in [0.25, 0.3) is 5.56 Å². The number of halogens is 1. The van der Waals surface area contributed by atoms with E-state index in [1.807, 2.05) is 93.3 Å². The van der Waals surface area contributed by atoms with Crippen molar-refractivity contribution in [2.45, 2.75) is 108 Å². The lowest BCUT2D eigenvalue weighted by Gasteiger charge is -2.32. The summed E-state index contributed by atoms with van der Waals surface area (Å²) in [5, 5.41) is -0.907. The normalized spacial score (nSPS) is 17.0. The molecule has 1 aliphatic carbocycles. The van der Waals surface area contributed by atoms with Gasteiger partial charge in [-0.1, -0.05) is 108 Å². The second kappa shape index (κ2) is 17.0.